The van der Waals surface area contributed by atoms with Crippen LogP contribution in [0.3, 0.4) is 0 Å². The maximum atomic E-state index is 12.6. The van der Waals surface area contributed by atoms with Crippen molar-refractivity contribution >= 4 is 23.2 Å². The maximum Gasteiger partial charge on any atom is 0.246 e. The Morgan fingerprint density at radius 2 is 2.20 bits per heavy atom. The lowest BCUT2D eigenvalue weighted by molar-refractivity contribution is -0.150. The van der Waals surface area contributed by atoms with E-state index in [1.54, 1.807) is 16.2 Å². The van der Waals surface area contributed by atoms with E-state index in [1.165, 1.54) is 5.56 Å². The van der Waals surface area contributed by atoms with Crippen LogP contribution in [-0.4, -0.2) is 35.3 Å². The van der Waals surface area contributed by atoms with Crippen LogP contribution in [0, 0.1) is 5.92 Å². The first-order valence-corrected chi connectivity index (χ1v) is 8.27. The second-order valence-corrected chi connectivity index (χ2v) is 6.44. The first-order valence-electron chi connectivity index (χ1n) is 7.32. The Labute approximate surface area is 123 Å². The summed E-state index contributed by atoms with van der Waals surface area (Å²) in [5.41, 5.74) is 1.24. The molecule has 2 atom stereocenters. The van der Waals surface area contributed by atoms with Gasteiger partial charge in [-0.25, -0.2) is 0 Å². The lowest BCUT2D eigenvalue weighted by Gasteiger charge is -2.38. The van der Waals surface area contributed by atoms with Crippen LogP contribution in [0.25, 0.3) is 0 Å². The van der Waals surface area contributed by atoms with E-state index in [4.69, 9.17) is 0 Å². The summed E-state index contributed by atoms with van der Waals surface area (Å²) in [7, 11) is 0. The Hall–Kier alpha value is -1.36. The second kappa shape index (κ2) is 5.56. The van der Waals surface area contributed by atoms with Crippen molar-refractivity contribution in [3.8, 4) is 0 Å². The van der Waals surface area contributed by atoms with Gasteiger partial charge in [-0.3, -0.25) is 9.59 Å². The largest absolute Gasteiger partial charge is 0.342 e. The molecular weight excluding hydrogens is 272 g/mol. The van der Waals surface area contributed by atoms with Crippen molar-refractivity contribution in [1.29, 1.82) is 0 Å². The number of hydrogen-bond acceptors (Lipinski definition) is 3. The molecule has 1 aromatic rings. The van der Waals surface area contributed by atoms with E-state index in [2.05, 4.69) is 16.8 Å². The molecule has 0 radical (unpaired) electrons. The zero-order chi connectivity index (χ0) is 14.1. The van der Waals surface area contributed by atoms with Crippen LogP contribution in [0.5, 0.6) is 0 Å². The fourth-order valence-electron chi connectivity index (χ4n) is 2.89. The quantitative estimate of drug-likeness (QED) is 0.900. The minimum Gasteiger partial charge on any atom is -0.342 e. The van der Waals surface area contributed by atoms with E-state index in [-0.39, 0.29) is 23.9 Å². The molecule has 1 saturated carbocycles. The molecule has 20 heavy (non-hydrogen) atoms. The van der Waals surface area contributed by atoms with Gasteiger partial charge in [-0.05, 0) is 54.0 Å². The Bertz CT molecular complexity index is 496. The third-order valence-electron chi connectivity index (χ3n) is 4.23. The monoisotopic (exact) mass is 292 g/mol. The van der Waals surface area contributed by atoms with Crippen molar-refractivity contribution in [2.24, 2.45) is 5.92 Å². The number of hydrogen-bond donors (Lipinski definition) is 1. The summed E-state index contributed by atoms with van der Waals surface area (Å²) in [5, 5.41) is 7.08. The van der Waals surface area contributed by atoms with Gasteiger partial charge in [0.1, 0.15) is 12.1 Å². The molecule has 4 nitrogen and oxygen atoms in total. The van der Waals surface area contributed by atoms with Crippen LogP contribution in [0.1, 0.15) is 31.7 Å². The summed E-state index contributed by atoms with van der Waals surface area (Å²) >= 11 is 1.67. The number of nitrogens with one attached hydrogen (secondary N) is 1. The minimum atomic E-state index is -0.295. The predicted molar refractivity (Wildman–Crippen MR) is 78.5 cm³/mol. The molecule has 2 amide bonds. The van der Waals surface area contributed by atoms with Gasteiger partial charge >= 0.3 is 0 Å². The van der Waals surface area contributed by atoms with E-state index < -0.39 is 0 Å². The van der Waals surface area contributed by atoms with Crippen molar-refractivity contribution in [2.75, 3.05) is 6.54 Å². The van der Waals surface area contributed by atoms with Gasteiger partial charge in [-0.2, -0.15) is 11.3 Å². The number of rotatable bonds is 5. The number of carbonyl (C=O) groups is 2. The first kappa shape index (κ1) is 13.6. The third kappa shape index (κ3) is 2.59. The summed E-state index contributed by atoms with van der Waals surface area (Å²) in [6.07, 6.45) is 3.63. The standard InChI is InChI=1S/C15H20N2O2S/c1-2-12-14(18)16-13(11-3-4-11)15(19)17(12)7-5-10-6-8-20-9-10/h6,8-9,11-13H,2-5,7H2,1H3,(H,16,18). The normalized spacial score (nSPS) is 26.8. The second-order valence-electron chi connectivity index (χ2n) is 5.66. The summed E-state index contributed by atoms with van der Waals surface area (Å²) in [5.74, 6) is 0.511. The molecule has 1 saturated heterocycles. The molecule has 1 aliphatic carbocycles. The molecule has 108 valence electrons. The van der Waals surface area contributed by atoms with Crippen molar-refractivity contribution in [2.45, 2.75) is 44.7 Å². The smallest absolute Gasteiger partial charge is 0.246 e. The summed E-state index contributed by atoms with van der Waals surface area (Å²) in [6.45, 7) is 2.61. The van der Waals surface area contributed by atoms with E-state index in [1.807, 2.05) is 12.3 Å². The van der Waals surface area contributed by atoms with Crippen LogP contribution >= 0.6 is 11.3 Å². The summed E-state index contributed by atoms with van der Waals surface area (Å²) in [4.78, 5) is 26.6. The van der Waals surface area contributed by atoms with Gasteiger partial charge in [0.25, 0.3) is 0 Å². The average Bonchev–Trinajstić information content (AvgIpc) is 3.15. The highest BCUT2D eigenvalue weighted by Crippen LogP contribution is 2.35. The molecule has 0 bridgehead atoms. The molecule has 1 N–H and O–H groups in total. The molecule has 0 aromatic carbocycles. The predicted octanol–water partition coefficient (Wildman–Crippen LogP) is 1.81. The Morgan fingerprint density at radius 3 is 2.80 bits per heavy atom. The highest BCUT2D eigenvalue weighted by Gasteiger charge is 2.45. The number of nitrogens with zero attached hydrogens (tertiary/aromatic N) is 1. The fraction of sp³-hybridized carbons (Fsp3) is 0.600. The molecule has 1 aromatic heterocycles. The molecule has 1 aliphatic heterocycles. The van der Waals surface area contributed by atoms with E-state index >= 15 is 0 Å². The summed E-state index contributed by atoms with van der Waals surface area (Å²) in [6, 6.07) is 1.52. The minimum absolute atomic E-state index is 0.0225. The molecule has 2 aliphatic rings. The maximum absolute atomic E-state index is 12.6. The average molecular weight is 292 g/mol. The van der Waals surface area contributed by atoms with Crippen molar-refractivity contribution < 1.29 is 9.59 Å². The number of piperazine rings is 1. The van der Waals surface area contributed by atoms with Gasteiger partial charge < -0.3 is 10.2 Å². The van der Waals surface area contributed by atoms with E-state index in [9.17, 15) is 9.59 Å². The molecule has 2 heterocycles. The van der Waals surface area contributed by atoms with Crippen LogP contribution in [0.4, 0.5) is 0 Å². The van der Waals surface area contributed by atoms with Crippen LogP contribution in [0.2, 0.25) is 0 Å². The summed E-state index contributed by atoms with van der Waals surface area (Å²) < 4.78 is 0. The zero-order valence-corrected chi connectivity index (χ0v) is 12.5. The molecule has 3 rings (SSSR count). The van der Waals surface area contributed by atoms with Crippen LogP contribution < -0.4 is 5.32 Å². The lowest BCUT2D eigenvalue weighted by atomic mass is 10.0. The molecule has 2 fully saturated rings. The Morgan fingerprint density at radius 1 is 1.40 bits per heavy atom. The van der Waals surface area contributed by atoms with Gasteiger partial charge in [-0.1, -0.05) is 6.92 Å². The Balaban J connectivity index is 1.72. The van der Waals surface area contributed by atoms with Gasteiger partial charge in [0.2, 0.25) is 11.8 Å². The molecule has 2 unspecified atom stereocenters. The molecule has 5 heteroatoms. The highest BCUT2D eigenvalue weighted by molar-refractivity contribution is 7.07. The van der Waals surface area contributed by atoms with Gasteiger partial charge in [-0.15, -0.1) is 0 Å². The van der Waals surface area contributed by atoms with Gasteiger partial charge in [0.15, 0.2) is 0 Å². The lowest BCUT2D eigenvalue weighted by Crippen LogP contribution is -2.64. The van der Waals surface area contributed by atoms with Crippen LogP contribution in [0.15, 0.2) is 16.8 Å². The first-order chi connectivity index (χ1) is 9.70. The van der Waals surface area contributed by atoms with Crippen molar-refractivity contribution in [1.82, 2.24) is 10.2 Å². The van der Waals surface area contributed by atoms with Gasteiger partial charge in [0, 0.05) is 6.54 Å². The number of thiophene rings is 1. The topological polar surface area (TPSA) is 49.4 Å². The third-order valence-corrected chi connectivity index (χ3v) is 4.96. The molecule has 0 spiro atoms. The highest BCUT2D eigenvalue weighted by atomic mass is 32.1. The number of amides is 2. The Kier molecular flexibility index (Phi) is 3.78. The SMILES string of the molecule is CCC1C(=O)NC(C2CC2)C(=O)N1CCc1ccsc1. The number of carbonyl (C=O) groups excluding carboxylic acids is 2. The van der Waals surface area contributed by atoms with Crippen LogP contribution in [-0.2, 0) is 16.0 Å². The van der Waals surface area contributed by atoms with Crippen molar-refractivity contribution in [3.63, 3.8) is 0 Å². The van der Waals surface area contributed by atoms with Crippen molar-refractivity contribution in [3.05, 3.63) is 22.4 Å². The van der Waals surface area contributed by atoms with E-state index in [0.717, 1.165) is 19.3 Å². The van der Waals surface area contributed by atoms with E-state index in [0.29, 0.717) is 18.9 Å². The fourth-order valence-corrected chi connectivity index (χ4v) is 3.59. The molecular formula is C15H20N2O2S. The van der Waals surface area contributed by atoms with Gasteiger partial charge in [0.05, 0.1) is 0 Å². The zero-order valence-electron chi connectivity index (χ0n) is 11.7.